The zero-order valence-electron chi connectivity index (χ0n) is 9.21. The second kappa shape index (κ2) is 5.46. The van der Waals surface area contributed by atoms with Gasteiger partial charge in [-0.1, -0.05) is 29.8 Å². The van der Waals surface area contributed by atoms with Crippen LogP contribution in [0.4, 0.5) is 0 Å². The van der Waals surface area contributed by atoms with E-state index in [-0.39, 0.29) is 23.1 Å². The summed E-state index contributed by atoms with van der Waals surface area (Å²) in [5.41, 5.74) is -0.224. The van der Waals surface area contributed by atoms with Crippen LogP contribution >= 0.6 is 11.6 Å². The van der Waals surface area contributed by atoms with Crippen molar-refractivity contribution < 1.29 is 14.6 Å². The van der Waals surface area contributed by atoms with Crippen LogP contribution in [0.1, 0.15) is 16.3 Å². The molecule has 92 valence electrons. The maximum atomic E-state index is 10.8. The first kappa shape index (κ1) is 12.3. The lowest BCUT2D eigenvalue weighted by Gasteiger charge is -2.05. The first-order valence-corrected chi connectivity index (χ1v) is 5.47. The summed E-state index contributed by atoms with van der Waals surface area (Å²) >= 11 is 5.66. The fourth-order valence-corrected chi connectivity index (χ4v) is 1.46. The van der Waals surface area contributed by atoms with Gasteiger partial charge in [-0.15, -0.1) is 0 Å². The minimum atomic E-state index is -1.19. The van der Waals surface area contributed by atoms with Crippen LogP contribution < -0.4 is 4.74 Å². The molecular weight excluding hydrogens is 256 g/mol. The number of carboxylic acid groups (broad SMARTS) is 1. The molecular formula is C12H9ClN2O3. The van der Waals surface area contributed by atoms with Crippen LogP contribution in [-0.2, 0) is 6.61 Å². The molecule has 0 aliphatic heterocycles. The number of carboxylic acids is 1. The van der Waals surface area contributed by atoms with Crippen molar-refractivity contribution in [2.75, 3.05) is 0 Å². The molecule has 1 aromatic heterocycles. The third kappa shape index (κ3) is 2.95. The highest BCUT2D eigenvalue weighted by Crippen LogP contribution is 2.14. The summed E-state index contributed by atoms with van der Waals surface area (Å²) in [5.74, 6) is -0.267. The normalized spacial score (nSPS) is 10.1. The second-order valence-corrected chi connectivity index (χ2v) is 3.80. The summed E-state index contributed by atoms with van der Waals surface area (Å²) in [7, 11) is 0. The molecule has 18 heavy (non-hydrogen) atoms. The molecule has 5 nitrogen and oxygen atoms in total. The number of aromatic carboxylic acids is 1. The van der Waals surface area contributed by atoms with Crippen LogP contribution in [0, 0.1) is 0 Å². The Kier molecular flexibility index (Phi) is 3.74. The number of hydrogen-bond acceptors (Lipinski definition) is 4. The molecule has 0 saturated carbocycles. The predicted molar refractivity (Wildman–Crippen MR) is 64.8 cm³/mol. The van der Waals surface area contributed by atoms with E-state index >= 15 is 0 Å². The number of carbonyl (C=O) groups is 1. The Morgan fingerprint density at radius 2 is 2.06 bits per heavy atom. The van der Waals surface area contributed by atoms with Gasteiger partial charge < -0.3 is 9.84 Å². The lowest BCUT2D eigenvalue weighted by molar-refractivity contribution is 0.0689. The smallest absolute Gasteiger partial charge is 0.356 e. The van der Waals surface area contributed by atoms with Gasteiger partial charge in [0.25, 0.3) is 0 Å². The monoisotopic (exact) mass is 264 g/mol. The first-order valence-electron chi connectivity index (χ1n) is 5.09. The summed E-state index contributed by atoms with van der Waals surface area (Å²) in [5, 5.41) is 8.87. The molecule has 6 heteroatoms. The molecule has 1 N–H and O–H groups in total. The summed E-state index contributed by atoms with van der Waals surface area (Å²) < 4.78 is 5.41. The van der Waals surface area contributed by atoms with E-state index in [1.807, 2.05) is 18.2 Å². The van der Waals surface area contributed by atoms with Crippen LogP contribution in [0.15, 0.2) is 36.5 Å². The number of hydrogen-bond donors (Lipinski definition) is 1. The maximum Gasteiger partial charge on any atom is 0.356 e. The van der Waals surface area contributed by atoms with Crippen molar-refractivity contribution in [2.45, 2.75) is 6.61 Å². The summed E-state index contributed by atoms with van der Waals surface area (Å²) in [6.45, 7) is 0.0848. The molecule has 0 atom stereocenters. The molecule has 1 aromatic carbocycles. The van der Waals surface area contributed by atoms with Crippen molar-refractivity contribution in [1.82, 2.24) is 9.97 Å². The predicted octanol–water partition coefficient (Wildman–Crippen LogP) is 2.41. The molecule has 0 fully saturated rings. The van der Waals surface area contributed by atoms with E-state index in [4.69, 9.17) is 21.4 Å². The van der Waals surface area contributed by atoms with E-state index < -0.39 is 5.97 Å². The van der Waals surface area contributed by atoms with Gasteiger partial charge in [-0.25, -0.2) is 14.8 Å². The molecule has 0 spiro atoms. The topological polar surface area (TPSA) is 72.3 Å². The van der Waals surface area contributed by atoms with Gasteiger partial charge in [0.1, 0.15) is 12.4 Å². The van der Waals surface area contributed by atoms with E-state index in [9.17, 15) is 4.79 Å². The van der Waals surface area contributed by atoms with Crippen molar-refractivity contribution in [3.8, 4) is 5.75 Å². The van der Waals surface area contributed by atoms with Gasteiger partial charge in [0.05, 0.1) is 11.2 Å². The molecule has 1 heterocycles. The van der Waals surface area contributed by atoms with Crippen LogP contribution in [0.25, 0.3) is 0 Å². The average Bonchev–Trinajstić information content (AvgIpc) is 2.38. The van der Waals surface area contributed by atoms with Gasteiger partial charge in [-0.05, 0) is 12.1 Å². The zero-order valence-corrected chi connectivity index (χ0v) is 9.96. The number of para-hydroxylation sites is 1. The lowest BCUT2D eigenvalue weighted by Crippen LogP contribution is -2.08. The quantitative estimate of drug-likeness (QED) is 0.918. The molecule has 0 saturated heterocycles. The summed E-state index contributed by atoms with van der Waals surface area (Å²) in [6.07, 6.45) is 1.25. The average molecular weight is 265 g/mol. The molecule has 2 rings (SSSR count). The number of rotatable bonds is 4. The number of benzene rings is 1. The zero-order chi connectivity index (χ0) is 13.0. The molecule has 0 aliphatic rings. The van der Waals surface area contributed by atoms with Gasteiger partial charge >= 0.3 is 5.97 Å². The highest BCUT2D eigenvalue weighted by molar-refractivity contribution is 6.33. The molecule has 0 amide bonds. The Morgan fingerprint density at radius 1 is 1.33 bits per heavy atom. The van der Waals surface area contributed by atoms with Crippen LogP contribution in [0.3, 0.4) is 0 Å². The van der Waals surface area contributed by atoms with E-state index in [1.165, 1.54) is 6.20 Å². The Hall–Kier alpha value is -2.14. The highest BCUT2D eigenvalue weighted by atomic mass is 35.5. The Labute approximate surface area is 108 Å². The van der Waals surface area contributed by atoms with Crippen molar-refractivity contribution in [2.24, 2.45) is 0 Å². The number of aromatic nitrogens is 2. The molecule has 0 bridgehead atoms. The van der Waals surface area contributed by atoms with Gasteiger partial charge in [0.15, 0.2) is 11.5 Å². The fourth-order valence-electron chi connectivity index (χ4n) is 1.29. The Morgan fingerprint density at radius 3 is 2.72 bits per heavy atom. The first-order chi connectivity index (χ1) is 8.66. The van der Waals surface area contributed by atoms with Gasteiger partial charge in [0.2, 0.25) is 0 Å². The SMILES string of the molecule is O=C(O)c1nc(COc2ccccc2)ncc1Cl. The standard InChI is InChI=1S/C12H9ClN2O3/c13-9-6-14-10(15-11(9)12(16)17)7-18-8-4-2-1-3-5-8/h1-6H,7H2,(H,16,17). The molecule has 0 radical (unpaired) electrons. The highest BCUT2D eigenvalue weighted by Gasteiger charge is 2.12. The summed E-state index contributed by atoms with van der Waals surface area (Å²) in [4.78, 5) is 18.6. The van der Waals surface area contributed by atoms with Gasteiger partial charge in [-0.3, -0.25) is 0 Å². The molecule has 0 unspecified atom stereocenters. The fraction of sp³-hybridized carbons (Fsp3) is 0.0833. The van der Waals surface area contributed by atoms with E-state index in [0.29, 0.717) is 5.75 Å². The van der Waals surface area contributed by atoms with Crippen LogP contribution in [0.5, 0.6) is 5.75 Å². The van der Waals surface area contributed by atoms with Crippen molar-refractivity contribution >= 4 is 17.6 Å². The van der Waals surface area contributed by atoms with Crippen LogP contribution in [0.2, 0.25) is 5.02 Å². The van der Waals surface area contributed by atoms with Crippen molar-refractivity contribution in [3.63, 3.8) is 0 Å². The van der Waals surface area contributed by atoms with Gasteiger partial charge in [-0.2, -0.15) is 0 Å². The molecule has 0 aliphatic carbocycles. The lowest BCUT2D eigenvalue weighted by atomic mass is 10.3. The second-order valence-electron chi connectivity index (χ2n) is 3.39. The minimum absolute atomic E-state index is 0.00552. The Balaban J connectivity index is 2.11. The van der Waals surface area contributed by atoms with E-state index in [0.717, 1.165) is 0 Å². The van der Waals surface area contributed by atoms with E-state index in [1.54, 1.807) is 12.1 Å². The van der Waals surface area contributed by atoms with Crippen molar-refractivity contribution in [3.05, 3.63) is 53.1 Å². The van der Waals surface area contributed by atoms with Gasteiger partial charge in [0, 0.05) is 0 Å². The van der Waals surface area contributed by atoms with E-state index in [2.05, 4.69) is 9.97 Å². The number of nitrogens with zero attached hydrogens (tertiary/aromatic N) is 2. The minimum Gasteiger partial charge on any atom is -0.486 e. The third-order valence-corrected chi connectivity index (χ3v) is 2.38. The largest absolute Gasteiger partial charge is 0.486 e. The Bertz CT molecular complexity index is 561. The number of ether oxygens (including phenoxy) is 1. The number of halogens is 1. The third-order valence-electron chi connectivity index (χ3n) is 2.11. The maximum absolute atomic E-state index is 10.8. The summed E-state index contributed by atoms with van der Waals surface area (Å²) in [6, 6.07) is 9.11. The van der Waals surface area contributed by atoms with Crippen LogP contribution in [-0.4, -0.2) is 21.0 Å². The molecule has 2 aromatic rings. The van der Waals surface area contributed by atoms with Crippen molar-refractivity contribution in [1.29, 1.82) is 0 Å².